The molecule has 2 aromatic carbocycles. The fourth-order valence-corrected chi connectivity index (χ4v) is 3.25. The van der Waals surface area contributed by atoms with Crippen LogP contribution in [0.1, 0.15) is 17.2 Å². The van der Waals surface area contributed by atoms with Crippen LogP contribution in [0.4, 0.5) is 10.3 Å². The largest absolute Gasteiger partial charge is 0.323 e. The van der Waals surface area contributed by atoms with Crippen molar-refractivity contribution in [1.82, 2.24) is 20.2 Å². The van der Waals surface area contributed by atoms with Gasteiger partial charge in [0.2, 0.25) is 5.95 Å². The lowest BCUT2D eigenvalue weighted by Crippen LogP contribution is -2.20. The first-order chi connectivity index (χ1) is 11.6. The van der Waals surface area contributed by atoms with Gasteiger partial charge in [-0.2, -0.15) is 4.68 Å². The first-order valence-electron chi connectivity index (χ1n) is 7.09. The molecule has 1 aliphatic rings. The molecule has 0 radical (unpaired) electrons. The summed E-state index contributed by atoms with van der Waals surface area (Å²) < 4.78 is 16.6. The van der Waals surface area contributed by atoms with Gasteiger partial charge in [0.25, 0.3) is 0 Å². The van der Waals surface area contributed by atoms with E-state index in [0.717, 1.165) is 21.3 Å². The number of nitrogens with zero attached hydrogens (tertiary/aromatic N) is 4. The highest BCUT2D eigenvalue weighted by Crippen LogP contribution is 2.33. The molecule has 1 unspecified atom stereocenters. The lowest BCUT2D eigenvalue weighted by Gasteiger charge is -2.23. The summed E-state index contributed by atoms with van der Waals surface area (Å²) in [6, 6.07) is 12.6. The SMILES string of the molecule is Fc1ccc(C2C=C(c3ccc(Br)cc3)Nc3nnnn32)cc1Br. The lowest BCUT2D eigenvalue weighted by atomic mass is 10.0. The van der Waals surface area contributed by atoms with Crippen LogP contribution in [0, 0.1) is 5.82 Å². The van der Waals surface area contributed by atoms with Crippen LogP contribution >= 0.6 is 31.9 Å². The molecule has 2 heterocycles. The highest BCUT2D eigenvalue weighted by molar-refractivity contribution is 9.10. The predicted octanol–water partition coefficient (Wildman–Crippen LogP) is 4.39. The minimum atomic E-state index is -0.304. The summed E-state index contributed by atoms with van der Waals surface area (Å²) in [5.74, 6) is 0.239. The molecule has 0 fully saturated rings. The number of fused-ring (bicyclic) bond motifs is 1. The molecule has 0 bridgehead atoms. The number of anilines is 1. The maximum Gasteiger partial charge on any atom is 0.248 e. The van der Waals surface area contributed by atoms with Gasteiger partial charge >= 0.3 is 0 Å². The van der Waals surface area contributed by atoms with Crippen LogP contribution in [0.25, 0.3) is 5.70 Å². The second kappa shape index (κ2) is 6.10. The summed E-state index contributed by atoms with van der Waals surface area (Å²) in [4.78, 5) is 0. The molecule has 1 N–H and O–H groups in total. The summed E-state index contributed by atoms with van der Waals surface area (Å²) in [7, 11) is 0. The molecule has 0 saturated carbocycles. The van der Waals surface area contributed by atoms with Crippen molar-refractivity contribution in [3.63, 3.8) is 0 Å². The zero-order chi connectivity index (χ0) is 16.7. The molecular weight excluding hydrogens is 441 g/mol. The van der Waals surface area contributed by atoms with E-state index in [9.17, 15) is 4.39 Å². The van der Waals surface area contributed by atoms with E-state index in [0.29, 0.717) is 10.4 Å². The van der Waals surface area contributed by atoms with Crippen molar-refractivity contribution in [2.45, 2.75) is 6.04 Å². The molecule has 1 aliphatic heterocycles. The van der Waals surface area contributed by atoms with Crippen molar-refractivity contribution in [3.8, 4) is 0 Å². The van der Waals surface area contributed by atoms with Gasteiger partial charge in [0.15, 0.2) is 0 Å². The van der Waals surface area contributed by atoms with E-state index in [1.54, 1.807) is 16.8 Å². The highest BCUT2D eigenvalue weighted by Gasteiger charge is 2.24. The third-order valence-corrected chi connectivity index (χ3v) is 4.90. The third-order valence-electron chi connectivity index (χ3n) is 3.77. The number of hydrogen-bond acceptors (Lipinski definition) is 4. The fourth-order valence-electron chi connectivity index (χ4n) is 2.59. The Balaban J connectivity index is 1.81. The molecule has 4 rings (SSSR count). The average molecular weight is 451 g/mol. The van der Waals surface area contributed by atoms with Crippen molar-refractivity contribution >= 4 is 43.5 Å². The Morgan fingerprint density at radius 3 is 2.62 bits per heavy atom. The number of tetrazole rings is 1. The van der Waals surface area contributed by atoms with Gasteiger partial charge < -0.3 is 5.32 Å². The number of rotatable bonds is 2. The zero-order valence-corrected chi connectivity index (χ0v) is 15.3. The zero-order valence-electron chi connectivity index (χ0n) is 12.1. The second-order valence-electron chi connectivity index (χ2n) is 5.28. The Kier molecular flexibility index (Phi) is 3.93. The third kappa shape index (κ3) is 2.76. The second-order valence-corrected chi connectivity index (χ2v) is 7.05. The number of aromatic nitrogens is 4. The number of benzene rings is 2. The van der Waals surface area contributed by atoms with E-state index in [4.69, 9.17) is 0 Å². The molecule has 1 aromatic heterocycles. The van der Waals surface area contributed by atoms with E-state index >= 15 is 0 Å². The van der Waals surface area contributed by atoms with Crippen molar-refractivity contribution in [2.75, 3.05) is 5.32 Å². The van der Waals surface area contributed by atoms with Gasteiger partial charge in [0.1, 0.15) is 11.9 Å². The number of halogens is 3. The Hall–Kier alpha value is -2.06. The van der Waals surface area contributed by atoms with Crippen molar-refractivity contribution in [1.29, 1.82) is 0 Å². The monoisotopic (exact) mass is 449 g/mol. The van der Waals surface area contributed by atoms with Gasteiger partial charge in [-0.25, -0.2) is 4.39 Å². The lowest BCUT2D eigenvalue weighted by molar-refractivity contribution is 0.580. The predicted molar refractivity (Wildman–Crippen MR) is 95.8 cm³/mol. The average Bonchev–Trinajstić information content (AvgIpc) is 3.06. The molecule has 0 spiro atoms. The van der Waals surface area contributed by atoms with Crippen LogP contribution in [-0.2, 0) is 0 Å². The smallest absolute Gasteiger partial charge is 0.248 e. The standard InChI is InChI=1S/C16H10Br2FN5/c17-11-4-1-9(2-5-11)14-8-15(24-16(20-14)21-22-23-24)10-3-6-13(19)12(18)7-10/h1-8,15H,(H,20,21,23). The minimum Gasteiger partial charge on any atom is -0.323 e. The first-order valence-corrected chi connectivity index (χ1v) is 8.68. The van der Waals surface area contributed by atoms with Crippen LogP contribution in [-0.4, -0.2) is 20.2 Å². The molecule has 5 nitrogen and oxygen atoms in total. The topological polar surface area (TPSA) is 55.6 Å². The van der Waals surface area contributed by atoms with Gasteiger partial charge in [0.05, 0.1) is 4.47 Å². The molecule has 1 atom stereocenters. The maximum absolute atomic E-state index is 13.6. The van der Waals surface area contributed by atoms with Crippen LogP contribution in [0.15, 0.2) is 57.5 Å². The summed E-state index contributed by atoms with van der Waals surface area (Å²) in [5, 5.41) is 15.0. The van der Waals surface area contributed by atoms with Gasteiger partial charge in [-0.05, 0) is 67.8 Å². The molecule has 8 heteroatoms. The Labute approximate surface area is 153 Å². The number of hydrogen-bond donors (Lipinski definition) is 1. The maximum atomic E-state index is 13.6. The fraction of sp³-hybridized carbons (Fsp3) is 0.0625. The van der Waals surface area contributed by atoms with E-state index in [1.807, 2.05) is 30.3 Å². The van der Waals surface area contributed by atoms with E-state index in [2.05, 4.69) is 52.7 Å². The van der Waals surface area contributed by atoms with Gasteiger partial charge in [-0.3, -0.25) is 0 Å². The molecule has 0 saturated heterocycles. The summed E-state index contributed by atoms with van der Waals surface area (Å²) in [5.41, 5.74) is 2.79. The van der Waals surface area contributed by atoms with Gasteiger partial charge in [0, 0.05) is 10.2 Å². The van der Waals surface area contributed by atoms with E-state index in [1.165, 1.54) is 6.07 Å². The molecule has 0 amide bonds. The van der Waals surface area contributed by atoms with E-state index in [-0.39, 0.29) is 11.9 Å². The Bertz CT molecular complexity index is 936. The van der Waals surface area contributed by atoms with Crippen LogP contribution in [0.3, 0.4) is 0 Å². The molecule has 3 aromatic rings. The number of nitrogens with one attached hydrogen (secondary N) is 1. The van der Waals surface area contributed by atoms with Crippen LogP contribution < -0.4 is 5.32 Å². The molecular formula is C16H10Br2FN5. The summed E-state index contributed by atoms with van der Waals surface area (Å²) in [6.45, 7) is 0. The summed E-state index contributed by atoms with van der Waals surface area (Å²) >= 11 is 6.67. The number of allylic oxidation sites excluding steroid dienone is 1. The van der Waals surface area contributed by atoms with E-state index < -0.39 is 0 Å². The molecule has 120 valence electrons. The van der Waals surface area contributed by atoms with Gasteiger partial charge in [-0.15, -0.1) is 0 Å². The highest BCUT2D eigenvalue weighted by atomic mass is 79.9. The first kappa shape index (κ1) is 15.5. The van der Waals surface area contributed by atoms with Crippen LogP contribution in [0.5, 0.6) is 0 Å². The molecule has 24 heavy (non-hydrogen) atoms. The van der Waals surface area contributed by atoms with Gasteiger partial charge in [-0.1, -0.05) is 39.2 Å². The normalized spacial score (nSPS) is 16.3. The van der Waals surface area contributed by atoms with Crippen molar-refractivity contribution in [2.24, 2.45) is 0 Å². The Morgan fingerprint density at radius 1 is 1.08 bits per heavy atom. The molecule has 0 aliphatic carbocycles. The summed E-state index contributed by atoms with van der Waals surface area (Å²) in [6.07, 6.45) is 2.02. The minimum absolute atomic E-state index is 0.230. The van der Waals surface area contributed by atoms with Crippen molar-refractivity contribution in [3.05, 3.63) is 74.4 Å². The van der Waals surface area contributed by atoms with Crippen LogP contribution in [0.2, 0.25) is 0 Å². The Morgan fingerprint density at radius 2 is 1.88 bits per heavy atom. The van der Waals surface area contributed by atoms with Crippen molar-refractivity contribution < 1.29 is 4.39 Å². The quantitative estimate of drug-likeness (QED) is 0.628.